The van der Waals surface area contributed by atoms with Crippen molar-refractivity contribution >= 4 is 17.5 Å². The number of para-hydroxylation sites is 1. The summed E-state index contributed by atoms with van der Waals surface area (Å²) in [5.41, 5.74) is 1.14. The van der Waals surface area contributed by atoms with Gasteiger partial charge in [-0.1, -0.05) is 18.2 Å². The van der Waals surface area contributed by atoms with Gasteiger partial charge in [0, 0.05) is 44.0 Å². The number of pyridine rings is 1. The molecule has 0 bridgehead atoms. The number of rotatable bonds is 6. The highest BCUT2D eigenvalue weighted by molar-refractivity contribution is 5.85. The predicted molar refractivity (Wildman–Crippen MR) is 96.7 cm³/mol. The van der Waals surface area contributed by atoms with Gasteiger partial charge in [-0.25, -0.2) is 4.98 Å². The maximum atomic E-state index is 12.3. The molecule has 0 spiro atoms. The molecule has 1 aliphatic rings. The number of nitrogens with zero attached hydrogens (tertiary/aromatic N) is 2. The molecule has 7 nitrogen and oxygen atoms in total. The maximum absolute atomic E-state index is 12.3. The van der Waals surface area contributed by atoms with E-state index >= 15 is 0 Å². The van der Waals surface area contributed by atoms with E-state index in [1.165, 1.54) is 0 Å². The Morgan fingerprint density at radius 2 is 1.69 bits per heavy atom. The highest BCUT2D eigenvalue weighted by atomic mass is 16.5. The van der Waals surface area contributed by atoms with E-state index in [9.17, 15) is 9.59 Å². The number of H-pyrrole nitrogens is 1. The van der Waals surface area contributed by atoms with Gasteiger partial charge in [0.15, 0.2) is 19.0 Å². The van der Waals surface area contributed by atoms with E-state index in [-0.39, 0.29) is 25.0 Å². The summed E-state index contributed by atoms with van der Waals surface area (Å²) < 4.78 is 5.36. The van der Waals surface area contributed by atoms with Crippen LogP contribution >= 0.6 is 0 Å². The summed E-state index contributed by atoms with van der Waals surface area (Å²) in [6.45, 7) is 2.75. The minimum absolute atomic E-state index is 0.00270. The van der Waals surface area contributed by atoms with E-state index in [0.717, 1.165) is 18.8 Å². The lowest BCUT2D eigenvalue weighted by atomic mass is 10.2. The average molecular weight is 355 g/mol. The average Bonchev–Trinajstić information content (AvgIpc) is 2.72. The molecule has 0 saturated carbocycles. The van der Waals surface area contributed by atoms with Crippen LogP contribution in [0.3, 0.4) is 0 Å². The first-order valence-electron chi connectivity index (χ1n) is 8.66. The van der Waals surface area contributed by atoms with Gasteiger partial charge in [0.05, 0.1) is 6.54 Å². The zero-order chi connectivity index (χ0) is 18.2. The van der Waals surface area contributed by atoms with Crippen LogP contribution in [0.5, 0.6) is 5.75 Å². The van der Waals surface area contributed by atoms with Gasteiger partial charge in [0.25, 0.3) is 5.91 Å². The lowest BCUT2D eigenvalue weighted by molar-refractivity contribution is -0.377. The molecule has 3 rings (SSSR count). The number of piperazine rings is 1. The van der Waals surface area contributed by atoms with Gasteiger partial charge >= 0.3 is 0 Å². The predicted octanol–water partition coefficient (Wildman–Crippen LogP) is 0.345. The van der Waals surface area contributed by atoms with Gasteiger partial charge < -0.3 is 19.9 Å². The molecule has 2 aromatic rings. The van der Waals surface area contributed by atoms with Crippen LogP contribution in [0, 0.1) is 0 Å². The topological polar surface area (TPSA) is 76.0 Å². The SMILES string of the molecule is O=C(COc1ccccc1)NCC(=O)N1CCN(c2cc[nH+]cc2)CC1. The zero-order valence-electron chi connectivity index (χ0n) is 14.6. The lowest BCUT2D eigenvalue weighted by Gasteiger charge is -2.35. The van der Waals surface area contributed by atoms with Crippen molar-refractivity contribution in [3.63, 3.8) is 0 Å². The minimum Gasteiger partial charge on any atom is -0.484 e. The fraction of sp³-hybridized carbons (Fsp3) is 0.316. The Labute approximate surface area is 152 Å². The summed E-state index contributed by atoms with van der Waals surface area (Å²) in [5, 5.41) is 2.62. The molecule has 1 saturated heterocycles. The van der Waals surface area contributed by atoms with Crippen LogP contribution in [0.25, 0.3) is 0 Å². The van der Waals surface area contributed by atoms with E-state index in [1.807, 2.05) is 42.7 Å². The van der Waals surface area contributed by atoms with Gasteiger partial charge in [-0.15, -0.1) is 0 Å². The molecule has 0 atom stereocenters. The lowest BCUT2D eigenvalue weighted by Crippen LogP contribution is -2.51. The standard InChI is InChI=1S/C19H22N4O3/c24-18(15-26-17-4-2-1-3-5-17)21-14-19(25)23-12-10-22(11-13-23)16-6-8-20-9-7-16/h1-9H,10-15H2,(H,21,24)/p+1. The first-order valence-corrected chi connectivity index (χ1v) is 8.66. The molecule has 1 aliphatic heterocycles. The number of hydrogen-bond acceptors (Lipinski definition) is 4. The van der Waals surface area contributed by atoms with Crippen molar-refractivity contribution in [1.82, 2.24) is 10.2 Å². The van der Waals surface area contributed by atoms with Gasteiger partial charge in [0.1, 0.15) is 5.75 Å². The molecule has 2 heterocycles. The van der Waals surface area contributed by atoms with Crippen molar-refractivity contribution in [3.05, 3.63) is 54.9 Å². The smallest absolute Gasteiger partial charge is 0.258 e. The fourth-order valence-corrected chi connectivity index (χ4v) is 2.81. The number of benzene rings is 1. The highest BCUT2D eigenvalue weighted by Gasteiger charge is 2.21. The fourth-order valence-electron chi connectivity index (χ4n) is 2.81. The van der Waals surface area contributed by atoms with Crippen molar-refractivity contribution in [2.24, 2.45) is 0 Å². The van der Waals surface area contributed by atoms with Crippen molar-refractivity contribution in [2.75, 3.05) is 44.2 Å². The number of nitrogens with one attached hydrogen (secondary N) is 2. The number of aromatic amines is 1. The molecule has 2 N–H and O–H groups in total. The van der Waals surface area contributed by atoms with Crippen molar-refractivity contribution in [1.29, 1.82) is 0 Å². The second kappa shape index (κ2) is 8.84. The van der Waals surface area contributed by atoms with Crippen LogP contribution in [-0.2, 0) is 9.59 Å². The number of amides is 2. The van der Waals surface area contributed by atoms with E-state index in [2.05, 4.69) is 15.2 Å². The summed E-state index contributed by atoms with van der Waals surface area (Å²) in [6.07, 6.45) is 3.78. The first kappa shape index (κ1) is 17.7. The number of carbonyl (C=O) groups is 2. The summed E-state index contributed by atoms with van der Waals surface area (Å²) in [7, 11) is 0. The molecular weight excluding hydrogens is 332 g/mol. The van der Waals surface area contributed by atoms with E-state index in [4.69, 9.17) is 4.74 Å². The van der Waals surface area contributed by atoms with Gasteiger partial charge in [-0.2, -0.15) is 0 Å². The zero-order valence-corrected chi connectivity index (χ0v) is 14.6. The first-order chi connectivity index (χ1) is 12.7. The molecule has 7 heteroatoms. The van der Waals surface area contributed by atoms with Crippen molar-refractivity contribution in [2.45, 2.75) is 0 Å². The third kappa shape index (κ3) is 4.95. The molecule has 26 heavy (non-hydrogen) atoms. The second-order valence-electron chi connectivity index (χ2n) is 6.00. The second-order valence-corrected chi connectivity index (χ2v) is 6.00. The normalized spacial score (nSPS) is 14.0. The minimum atomic E-state index is -0.304. The monoisotopic (exact) mass is 355 g/mol. The van der Waals surface area contributed by atoms with E-state index in [0.29, 0.717) is 18.8 Å². The number of ether oxygens (including phenoxy) is 1. The third-order valence-corrected chi connectivity index (χ3v) is 4.25. The molecule has 0 unspecified atom stereocenters. The van der Waals surface area contributed by atoms with Crippen molar-refractivity contribution < 1.29 is 19.3 Å². The summed E-state index contributed by atoms with van der Waals surface area (Å²) >= 11 is 0. The van der Waals surface area contributed by atoms with Crippen LogP contribution in [0.15, 0.2) is 54.9 Å². The summed E-state index contributed by atoms with van der Waals surface area (Å²) in [6, 6.07) is 13.1. The molecule has 0 aliphatic carbocycles. The maximum Gasteiger partial charge on any atom is 0.258 e. The number of anilines is 1. The Hall–Kier alpha value is -3.09. The Morgan fingerprint density at radius 3 is 2.38 bits per heavy atom. The summed E-state index contributed by atoms with van der Waals surface area (Å²) in [5.74, 6) is 0.254. The molecule has 136 valence electrons. The Morgan fingerprint density at radius 1 is 1.00 bits per heavy atom. The number of hydrogen-bond donors (Lipinski definition) is 1. The molecule has 1 aromatic heterocycles. The molecule has 1 fully saturated rings. The van der Waals surface area contributed by atoms with Crippen LogP contribution in [0.4, 0.5) is 5.69 Å². The quantitative estimate of drug-likeness (QED) is 0.811. The molecule has 1 aromatic carbocycles. The number of aromatic nitrogens is 1. The summed E-state index contributed by atoms with van der Waals surface area (Å²) in [4.78, 5) is 31.1. The molecule has 2 amide bonds. The Bertz CT molecular complexity index is 716. The van der Waals surface area contributed by atoms with E-state index in [1.54, 1.807) is 17.0 Å². The highest BCUT2D eigenvalue weighted by Crippen LogP contribution is 2.14. The largest absolute Gasteiger partial charge is 0.484 e. The van der Waals surface area contributed by atoms with Gasteiger partial charge in [-0.3, -0.25) is 9.59 Å². The van der Waals surface area contributed by atoms with Crippen LogP contribution in [0.2, 0.25) is 0 Å². The van der Waals surface area contributed by atoms with Crippen LogP contribution in [0.1, 0.15) is 0 Å². The van der Waals surface area contributed by atoms with Crippen LogP contribution < -0.4 is 19.9 Å². The third-order valence-electron chi connectivity index (χ3n) is 4.25. The molecule has 0 radical (unpaired) electrons. The Kier molecular flexibility index (Phi) is 6.03. The van der Waals surface area contributed by atoms with Gasteiger partial charge in [-0.05, 0) is 12.1 Å². The number of carbonyl (C=O) groups excluding carboxylic acids is 2. The van der Waals surface area contributed by atoms with Gasteiger partial charge in [0.2, 0.25) is 5.91 Å². The van der Waals surface area contributed by atoms with Crippen molar-refractivity contribution in [3.8, 4) is 5.75 Å². The Balaban J connectivity index is 1.37. The van der Waals surface area contributed by atoms with Crippen LogP contribution in [-0.4, -0.2) is 56.0 Å². The van der Waals surface area contributed by atoms with E-state index < -0.39 is 0 Å². The molecular formula is C19H23N4O3+.